The number of benzene rings is 1. The molecule has 1 atom stereocenters. The first kappa shape index (κ1) is 21.7. The maximum Gasteiger partial charge on any atom is 0.319 e. The fraction of sp³-hybridized carbons (Fsp3) is 0.600. The average Bonchev–Trinajstić information content (AvgIpc) is 2.49. The molecule has 0 amide bonds. The van der Waals surface area contributed by atoms with E-state index in [0.29, 0.717) is 25.5 Å². The number of methoxy groups -OCH3 is 2. The topological polar surface area (TPSA) is 92.0 Å². The normalized spacial score (nSPS) is 11.6. The van der Waals surface area contributed by atoms with E-state index in [0.717, 1.165) is 11.4 Å². The van der Waals surface area contributed by atoms with Crippen LogP contribution in [0.1, 0.15) is 20.8 Å². The molecule has 0 fully saturated rings. The van der Waals surface area contributed by atoms with Crippen molar-refractivity contribution in [3.05, 3.63) is 18.2 Å². The maximum atomic E-state index is 10.4. The Labute approximate surface area is 139 Å². The third kappa shape index (κ3) is 10.2. The zero-order valence-electron chi connectivity index (χ0n) is 14.5. The van der Waals surface area contributed by atoms with Crippen LogP contribution in [0.4, 0.5) is 11.4 Å². The minimum atomic E-state index is -2.14. The van der Waals surface area contributed by atoms with E-state index in [2.05, 4.69) is 14.4 Å². The summed E-state index contributed by atoms with van der Waals surface area (Å²) in [5.41, 5.74) is 7.31. The Balaban J connectivity index is 0.000000515. The second-order valence-electron chi connectivity index (χ2n) is 4.58. The lowest BCUT2D eigenvalue weighted by Crippen LogP contribution is -2.21. The third-order valence-corrected chi connectivity index (χ3v) is 3.62. The summed E-state index contributed by atoms with van der Waals surface area (Å²) in [7, 11) is 1.17. The fourth-order valence-electron chi connectivity index (χ4n) is 1.67. The highest BCUT2D eigenvalue weighted by Crippen LogP contribution is 2.27. The second-order valence-corrected chi connectivity index (χ2v) is 5.65. The Morgan fingerprint density at radius 1 is 1.22 bits per heavy atom. The van der Waals surface area contributed by atoms with Crippen LogP contribution >= 0.6 is 8.25 Å². The molecular formula is C15H29N2O5P. The standard InChI is InChI=1S/C11H18N2O2.C4H11O3P/c1-8(7-14-2)13-10-6-9(12)4-5-11(10)15-3;1-3-6-8(5)7-4-2/h4-6,8,13H,7,12H2,1-3H3;8H,3-4H2,1-2H3. The Morgan fingerprint density at radius 2 is 1.83 bits per heavy atom. The molecule has 0 aliphatic heterocycles. The second kappa shape index (κ2) is 13.2. The molecule has 8 heteroatoms. The van der Waals surface area contributed by atoms with Crippen LogP contribution in [0, 0.1) is 0 Å². The van der Waals surface area contributed by atoms with Gasteiger partial charge in [-0.25, -0.2) is 0 Å². The fourth-order valence-corrected chi connectivity index (χ4v) is 2.23. The van der Waals surface area contributed by atoms with Crippen molar-refractivity contribution < 1.29 is 23.1 Å². The molecule has 0 aliphatic rings. The molecule has 3 N–H and O–H groups in total. The van der Waals surface area contributed by atoms with Crippen LogP contribution in [0.5, 0.6) is 5.75 Å². The number of rotatable bonds is 9. The molecule has 1 aromatic rings. The molecule has 7 nitrogen and oxygen atoms in total. The summed E-state index contributed by atoms with van der Waals surface area (Å²) in [4.78, 5) is 0. The highest BCUT2D eigenvalue weighted by molar-refractivity contribution is 7.33. The summed E-state index contributed by atoms with van der Waals surface area (Å²) in [6, 6.07) is 5.72. The van der Waals surface area contributed by atoms with Crippen LogP contribution in [0.3, 0.4) is 0 Å². The predicted octanol–water partition coefficient (Wildman–Crippen LogP) is 3.17. The van der Waals surface area contributed by atoms with E-state index >= 15 is 0 Å². The van der Waals surface area contributed by atoms with Gasteiger partial charge < -0.3 is 29.6 Å². The van der Waals surface area contributed by atoms with Gasteiger partial charge in [-0.05, 0) is 39.0 Å². The van der Waals surface area contributed by atoms with Gasteiger partial charge in [0.1, 0.15) is 5.75 Å². The molecule has 0 aliphatic carbocycles. The highest BCUT2D eigenvalue weighted by atomic mass is 31.1. The number of nitrogens with one attached hydrogen (secondary N) is 1. The molecular weight excluding hydrogens is 319 g/mol. The first-order valence-corrected chi connectivity index (χ1v) is 8.69. The number of nitrogens with two attached hydrogens (primary N) is 1. The van der Waals surface area contributed by atoms with Crippen LogP contribution in [0.2, 0.25) is 0 Å². The van der Waals surface area contributed by atoms with Gasteiger partial charge in [-0.2, -0.15) is 0 Å². The molecule has 1 unspecified atom stereocenters. The van der Waals surface area contributed by atoms with Crippen LogP contribution in [-0.4, -0.2) is 40.1 Å². The molecule has 1 rings (SSSR count). The van der Waals surface area contributed by atoms with Gasteiger partial charge >= 0.3 is 8.25 Å². The van der Waals surface area contributed by atoms with Gasteiger partial charge in [-0.3, -0.25) is 4.57 Å². The monoisotopic (exact) mass is 348 g/mol. The van der Waals surface area contributed by atoms with Gasteiger partial charge in [0.05, 0.1) is 32.6 Å². The molecule has 0 aromatic heterocycles. The smallest absolute Gasteiger partial charge is 0.319 e. The zero-order valence-corrected chi connectivity index (χ0v) is 15.5. The average molecular weight is 348 g/mol. The molecule has 0 saturated heterocycles. The number of hydrogen-bond acceptors (Lipinski definition) is 7. The molecule has 1 aromatic carbocycles. The van der Waals surface area contributed by atoms with E-state index in [1.807, 2.05) is 25.1 Å². The highest BCUT2D eigenvalue weighted by Gasteiger charge is 2.06. The summed E-state index contributed by atoms with van der Waals surface area (Å²) in [5, 5.41) is 3.27. The van der Waals surface area contributed by atoms with E-state index in [4.69, 9.17) is 15.2 Å². The van der Waals surface area contributed by atoms with Crippen LogP contribution in [0.15, 0.2) is 18.2 Å². The Bertz CT molecular complexity index is 451. The van der Waals surface area contributed by atoms with E-state index in [9.17, 15) is 4.57 Å². The van der Waals surface area contributed by atoms with Crippen molar-refractivity contribution in [2.75, 3.05) is 45.1 Å². The third-order valence-electron chi connectivity index (χ3n) is 2.57. The van der Waals surface area contributed by atoms with Crippen molar-refractivity contribution >= 4 is 19.6 Å². The lowest BCUT2D eigenvalue weighted by Gasteiger charge is -2.17. The van der Waals surface area contributed by atoms with Gasteiger partial charge in [0.25, 0.3) is 0 Å². The minimum Gasteiger partial charge on any atom is -0.495 e. The number of ether oxygens (including phenoxy) is 2. The van der Waals surface area contributed by atoms with E-state index < -0.39 is 8.25 Å². The Morgan fingerprint density at radius 3 is 2.30 bits per heavy atom. The largest absolute Gasteiger partial charge is 0.495 e. The quantitative estimate of drug-likeness (QED) is 0.523. The summed E-state index contributed by atoms with van der Waals surface area (Å²) in [6.07, 6.45) is 0. The molecule has 0 radical (unpaired) electrons. The molecule has 23 heavy (non-hydrogen) atoms. The van der Waals surface area contributed by atoms with Crippen LogP contribution < -0.4 is 15.8 Å². The number of hydrogen-bond donors (Lipinski definition) is 2. The van der Waals surface area contributed by atoms with Crippen molar-refractivity contribution in [3.8, 4) is 5.75 Å². The molecule has 134 valence electrons. The SMILES string of the molecule is CCO[PH](=O)OCC.COCC(C)Nc1cc(N)ccc1OC. The molecule has 0 saturated carbocycles. The first-order chi connectivity index (χ1) is 11.0. The first-order valence-electron chi connectivity index (χ1n) is 7.46. The summed E-state index contributed by atoms with van der Waals surface area (Å²) >= 11 is 0. The van der Waals surface area contributed by atoms with E-state index in [1.54, 1.807) is 28.1 Å². The summed E-state index contributed by atoms with van der Waals surface area (Å²) in [5.74, 6) is 0.784. The van der Waals surface area contributed by atoms with Crippen LogP contribution in [0.25, 0.3) is 0 Å². The summed E-state index contributed by atoms with van der Waals surface area (Å²) < 4.78 is 29.9. The van der Waals surface area contributed by atoms with Gasteiger partial charge in [0, 0.05) is 18.8 Å². The van der Waals surface area contributed by atoms with Crippen molar-refractivity contribution in [3.63, 3.8) is 0 Å². The summed E-state index contributed by atoms with van der Waals surface area (Å²) in [6.45, 7) is 7.14. The predicted molar refractivity (Wildman–Crippen MR) is 94.6 cm³/mol. The molecule has 0 heterocycles. The lowest BCUT2D eigenvalue weighted by molar-refractivity contribution is 0.190. The minimum absolute atomic E-state index is 0.214. The molecule has 0 spiro atoms. The van der Waals surface area contributed by atoms with E-state index in [1.165, 1.54) is 0 Å². The van der Waals surface area contributed by atoms with Gasteiger partial charge in [-0.15, -0.1) is 0 Å². The van der Waals surface area contributed by atoms with Crippen molar-refractivity contribution in [1.29, 1.82) is 0 Å². The Hall–Kier alpha value is -1.27. The maximum absolute atomic E-state index is 10.4. The van der Waals surface area contributed by atoms with Crippen LogP contribution in [-0.2, 0) is 18.3 Å². The van der Waals surface area contributed by atoms with E-state index in [-0.39, 0.29) is 6.04 Å². The van der Waals surface area contributed by atoms with Crippen molar-refractivity contribution in [2.24, 2.45) is 0 Å². The van der Waals surface area contributed by atoms with Gasteiger partial charge in [0.15, 0.2) is 0 Å². The van der Waals surface area contributed by atoms with Crippen molar-refractivity contribution in [1.82, 2.24) is 0 Å². The van der Waals surface area contributed by atoms with Gasteiger partial charge in [-0.1, -0.05) is 0 Å². The zero-order chi connectivity index (χ0) is 17.7. The van der Waals surface area contributed by atoms with Gasteiger partial charge in [0.2, 0.25) is 0 Å². The lowest BCUT2D eigenvalue weighted by atomic mass is 10.2. The molecule has 0 bridgehead atoms. The Kier molecular flexibility index (Phi) is 12.5. The van der Waals surface area contributed by atoms with Crippen molar-refractivity contribution in [2.45, 2.75) is 26.8 Å². The number of nitrogen functional groups attached to an aromatic ring is 1. The number of anilines is 2.